The van der Waals surface area contributed by atoms with Gasteiger partial charge in [0.25, 0.3) is 0 Å². The zero-order chi connectivity index (χ0) is 22.3. The molecule has 3 rings (SSSR count). The Balaban J connectivity index is 1.75. The number of carbonyl (C=O) groups is 2. The number of carbonyl (C=O) groups excluding carboxylic acids is 2. The summed E-state index contributed by atoms with van der Waals surface area (Å²) >= 11 is 0. The van der Waals surface area contributed by atoms with Crippen molar-refractivity contribution in [2.75, 3.05) is 0 Å². The molecule has 0 N–H and O–H groups in total. The minimum absolute atomic E-state index is 0.0697. The lowest BCUT2D eigenvalue weighted by Gasteiger charge is -2.21. The van der Waals surface area contributed by atoms with Crippen LogP contribution in [0.5, 0.6) is 0 Å². The molecule has 160 valence electrons. The number of benzene rings is 3. The van der Waals surface area contributed by atoms with Crippen molar-refractivity contribution in [3.8, 4) is 0 Å². The van der Waals surface area contributed by atoms with Crippen LogP contribution in [0.2, 0.25) is 0 Å². The molecule has 0 unspecified atom stereocenters. The van der Waals surface area contributed by atoms with Gasteiger partial charge in [0.15, 0.2) is 0 Å². The van der Waals surface area contributed by atoms with Gasteiger partial charge in [-0.3, -0.25) is 9.59 Å². The van der Waals surface area contributed by atoms with Crippen LogP contribution in [0.15, 0.2) is 84.9 Å². The van der Waals surface area contributed by atoms with Crippen molar-refractivity contribution in [2.24, 2.45) is 0 Å². The summed E-state index contributed by atoms with van der Waals surface area (Å²) in [5.74, 6) is 0.244. The maximum atomic E-state index is 12.9. The molecule has 3 aromatic rings. The van der Waals surface area contributed by atoms with Gasteiger partial charge in [-0.2, -0.15) is 0 Å². The predicted molar refractivity (Wildman–Crippen MR) is 127 cm³/mol. The van der Waals surface area contributed by atoms with Gasteiger partial charge >= 0.3 is 0 Å². The Morgan fingerprint density at radius 1 is 0.645 bits per heavy atom. The number of ketones is 2. The Kier molecular flexibility index (Phi) is 7.57. The van der Waals surface area contributed by atoms with E-state index in [-0.39, 0.29) is 22.9 Å². The predicted octanol–water partition coefficient (Wildman–Crippen LogP) is 6.47. The Bertz CT molecular complexity index is 925. The Labute approximate surface area is 186 Å². The highest BCUT2D eigenvalue weighted by molar-refractivity contribution is 5.85. The number of Topliss-reactive ketones (excluding diaryl/α,β-unsaturated/α-hetero) is 2. The molecule has 0 amide bonds. The van der Waals surface area contributed by atoms with Gasteiger partial charge in [0.05, 0.1) is 0 Å². The molecule has 0 saturated heterocycles. The van der Waals surface area contributed by atoms with Gasteiger partial charge in [0.1, 0.15) is 11.6 Å². The normalized spacial score (nSPS) is 11.5. The van der Waals surface area contributed by atoms with Crippen LogP contribution in [-0.2, 0) is 27.8 Å². The summed E-state index contributed by atoms with van der Waals surface area (Å²) in [6.45, 7) is 6.56. The topological polar surface area (TPSA) is 34.1 Å². The lowest BCUT2D eigenvalue weighted by molar-refractivity contribution is -0.120. The van der Waals surface area contributed by atoms with E-state index in [4.69, 9.17) is 0 Å². The average Bonchev–Trinajstić information content (AvgIpc) is 2.74. The standard InChI is InChI=1S/C29H32O2/c1-29(2,3)26-16-14-24(15-17-26)25(20-27(30)18-22-10-6-4-7-11-22)21-28(31)19-23-12-8-5-9-13-23/h4-17,25H,18-21H2,1-3H3. The van der Waals surface area contributed by atoms with Crippen LogP contribution < -0.4 is 0 Å². The smallest absolute Gasteiger partial charge is 0.137 e. The van der Waals surface area contributed by atoms with Crippen LogP contribution in [0.4, 0.5) is 0 Å². The molecule has 2 nitrogen and oxygen atoms in total. The van der Waals surface area contributed by atoms with E-state index in [9.17, 15) is 9.59 Å². The first kappa shape index (κ1) is 22.7. The lowest BCUT2D eigenvalue weighted by atomic mass is 9.83. The van der Waals surface area contributed by atoms with Crippen molar-refractivity contribution in [3.63, 3.8) is 0 Å². The number of rotatable bonds is 9. The van der Waals surface area contributed by atoms with Gasteiger partial charge in [0, 0.05) is 25.7 Å². The first-order chi connectivity index (χ1) is 14.8. The summed E-state index contributed by atoms with van der Waals surface area (Å²) in [5, 5.41) is 0. The number of hydrogen-bond donors (Lipinski definition) is 0. The van der Waals surface area contributed by atoms with Crippen molar-refractivity contribution in [2.45, 2.75) is 57.8 Å². The van der Waals surface area contributed by atoms with Crippen molar-refractivity contribution >= 4 is 11.6 Å². The molecule has 0 fully saturated rings. The molecule has 3 aromatic carbocycles. The summed E-state index contributed by atoms with van der Waals surface area (Å²) in [7, 11) is 0. The number of hydrogen-bond acceptors (Lipinski definition) is 2. The van der Waals surface area contributed by atoms with Crippen LogP contribution in [-0.4, -0.2) is 11.6 Å². The van der Waals surface area contributed by atoms with Gasteiger partial charge in [0.2, 0.25) is 0 Å². The molecular formula is C29H32O2. The molecule has 31 heavy (non-hydrogen) atoms. The fourth-order valence-corrected chi connectivity index (χ4v) is 3.90. The second kappa shape index (κ2) is 10.3. The molecule has 0 saturated carbocycles. The fraction of sp³-hybridized carbons (Fsp3) is 0.310. The zero-order valence-corrected chi connectivity index (χ0v) is 18.8. The third-order valence-corrected chi connectivity index (χ3v) is 5.68. The van der Waals surface area contributed by atoms with E-state index < -0.39 is 0 Å². The first-order valence-corrected chi connectivity index (χ1v) is 11.0. The van der Waals surface area contributed by atoms with E-state index in [0.29, 0.717) is 25.7 Å². The van der Waals surface area contributed by atoms with Crippen molar-refractivity contribution in [1.29, 1.82) is 0 Å². The molecule has 0 heterocycles. The summed E-state index contributed by atoms with van der Waals surface area (Å²) in [6.07, 6.45) is 1.57. The monoisotopic (exact) mass is 412 g/mol. The summed E-state index contributed by atoms with van der Waals surface area (Å²) in [6, 6.07) is 28.1. The Morgan fingerprint density at radius 2 is 1.06 bits per heavy atom. The lowest BCUT2D eigenvalue weighted by Crippen LogP contribution is -2.16. The van der Waals surface area contributed by atoms with Gasteiger partial charge < -0.3 is 0 Å². The summed E-state index contributed by atoms with van der Waals surface area (Å²) < 4.78 is 0. The molecule has 0 spiro atoms. The third-order valence-electron chi connectivity index (χ3n) is 5.68. The second-order valence-electron chi connectivity index (χ2n) is 9.38. The second-order valence-corrected chi connectivity index (χ2v) is 9.38. The highest BCUT2D eigenvalue weighted by atomic mass is 16.1. The molecule has 0 aliphatic rings. The van der Waals surface area contributed by atoms with Gasteiger partial charge in [-0.1, -0.05) is 106 Å². The van der Waals surface area contributed by atoms with E-state index in [0.717, 1.165) is 16.7 Å². The van der Waals surface area contributed by atoms with Gasteiger partial charge in [-0.05, 0) is 33.6 Å². The summed E-state index contributed by atoms with van der Waals surface area (Å²) in [4.78, 5) is 25.7. The maximum Gasteiger partial charge on any atom is 0.137 e. The van der Waals surface area contributed by atoms with E-state index in [2.05, 4.69) is 45.0 Å². The zero-order valence-electron chi connectivity index (χ0n) is 18.8. The third kappa shape index (κ3) is 7.03. The maximum absolute atomic E-state index is 12.9. The van der Waals surface area contributed by atoms with Crippen molar-refractivity contribution < 1.29 is 9.59 Å². The Hall–Kier alpha value is -3.00. The van der Waals surface area contributed by atoms with E-state index in [1.54, 1.807) is 0 Å². The van der Waals surface area contributed by atoms with Crippen LogP contribution in [0.1, 0.15) is 61.8 Å². The molecule has 0 radical (unpaired) electrons. The van der Waals surface area contributed by atoms with Crippen LogP contribution >= 0.6 is 0 Å². The Morgan fingerprint density at radius 3 is 1.45 bits per heavy atom. The highest BCUT2D eigenvalue weighted by Crippen LogP contribution is 2.29. The SMILES string of the molecule is CC(C)(C)c1ccc(C(CC(=O)Cc2ccccc2)CC(=O)Cc2ccccc2)cc1. The van der Waals surface area contributed by atoms with Gasteiger partial charge in [-0.25, -0.2) is 0 Å². The van der Waals surface area contributed by atoms with Crippen LogP contribution in [0.3, 0.4) is 0 Å². The minimum Gasteiger partial charge on any atom is -0.299 e. The van der Waals surface area contributed by atoms with Crippen molar-refractivity contribution in [3.05, 3.63) is 107 Å². The van der Waals surface area contributed by atoms with Crippen molar-refractivity contribution in [1.82, 2.24) is 0 Å². The van der Waals surface area contributed by atoms with Crippen LogP contribution in [0.25, 0.3) is 0 Å². The first-order valence-electron chi connectivity index (χ1n) is 11.0. The molecule has 0 aliphatic carbocycles. The van der Waals surface area contributed by atoms with E-state index >= 15 is 0 Å². The van der Waals surface area contributed by atoms with Crippen LogP contribution in [0, 0.1) is 0 Å². The molecule has 0 atom stereocenters. The summed E-state index contributed by atoms with van der Waals surface area (Å²) in [5.41, 5.74) is 4.42. The average molecular weight is 413 g/mol. The molecular weight excluding hydrogens is 380 g/mol. The van der Waals surface area contributed by atoms with E-state index in [1.807, 2.05) is 60.7 Å². The highest BCUT2D eigenvalue weighted by Gasteiger charge is 2.21. The molecule has 0 aliphatic heterocycles. The van der Waals surface area contributed by atoms with E-state index in [1.165, 1.54) is 5.56 Å². The largest absolute Gasteiger partial charge is 0.299 e. The quantitative estimate of drug-likeness (QED) is 0.403. The molecule has 0 aromatic heterocycles. The molecule has 2 heteroatoms. The molecule has 0 bridgehead atoms. The minimum atomic E-state index is -0.0959. The van der Waals surface area contributed by atoms with Gasteiger partial charge in [-0.15, -0.1) is 0 Å². The fourth-order valence-electron chi connectivity index (χ4n) is 3.90.